The van der Waals surface area contributed by atoms with Crippen molar-refractivity contribution in [3.05, 3.63) is 39.3 Å². The predicted molar refractivity (Wildman–Crippen MR) is 92.7 cm³/mol. The normalized spacial score (nSPS) is 13.4. The van der Waals surface area contributed by atoms with Crippen molar-refractivity contribution in [1.29, 1.82) is 0 Å². The van der Waals surface area contributed by atoms with E-state index in [9.17, 15) is 4.79 Å². The van der Waals surface area contributed by atoms with Gasteiger partial charge in [0.1, 0.15) is 0 Å². The zero-order valence-electron chi connectivity index (χ0n) is 14.1. The van der Waals surface area contributed by atoms with E-state index in [0.717, 1.165) is 28.3 Å². The third-order valence-corrected chi connectivity index (χ3v) is 5.19. The Labute approximate surface area is 145 Å². The number of amides is 2. The minimum absolute atomic E-state index is 0.0526. The van der Waals surface area contributed by atoms with Crippen LogP contribution < -0.4 is 14.8 Å². The van der Waals surface area contributed by atoms with Gasteiger partial charge in [0, 0.05) is 18.0 Å². The highest BCUT2D eigenvalue weighted by Crippen LogP contribution is 2.33. The van der Waals surface area contributed by atoms with Gasteiger partial charge in [0.05, 0.1) is 32.0 Å². The molecule has 2 amide bonds. The number of rotatable bonds is 4. The highest BCUT2D eigenvalue weighted by Gasteiger charge is 2.22. The van der Waals surface area contributed by atoms with Crippen molar-refractivity contribution < 1.29 is 14.3 Å². The highest BCUT2D eigenvalue weighted by molar-refractivity contribution is 7.09. The van der Waals surface area contributed by atoms with E-state index in [4.69, 9.17) is 9.47 Å². The molecule has 6 nitrogen and oxygen atoms in total. The number of methoxy groups -OCH3 is 2. The zero-order valence-corrected chi connectivity index (χ0v) is 14.9. The van der Waals surface area contributed by atoms with Gasteiger partial charge < -0.3 is 19.7 Å². The van der Waals surface area contributed by atoms with E-state index >= 15 is 0 Å². The number of thiazole rings is 1. The molecule has 0 fully saturated rings. The lowest BCUT2D eigenvalue weighted by atomic mass is 9.99. The fourth-order valence-electron chi connectivity index (χ4n) is 2.82. The molecule has 24 heavy (non-hydrogen) atoms. The number of benzene rings is 1. The Hall–Kier alpha value is -2.28. The fourth-order valence-corrected chi connectivity index (χ4v) is 3.54. The SMILES string of the molecule is COc1cc2c(cc1OC)CN(C(=O)NCc1scnc1C)CC2. The van der Waals surface area contributed by atoms with Gasteiger partial charge in [-0.05, 0) is 36.6 Å². The molecule has 3 rings (SSSR count). The quantitative estimate of drug-likeness (QED) is 0.924. The molecule has 0 atom stereocenters. The number of carbonyl (C=O) groups excluding carboxylic acids is 1. The number of nitrogens with zero attached hydrogens (tertiary/aromatic N) is 2. The molecule has 0 bridgehead atoms. The lowest BCUT2D eigenvalue weighted by Gasteiger charge is -2.29. The molecule has 0 unspecified atom stereocenters. The number of nitrogens with one attached hydrogen (secondary N) is 1. The van der Waals surface area contributed by atoms with E-state index in [1.54, 1.807) is 31.1 Å². The summed E-state index contributed by atoms with van der Waals surface area (Å²) in [6.45, 7) is 3.73. The monoisotopic (exact) mass is 347 g/mol. The fraction of sp³-hybridized carbons (Fsp3) is 0.412. The summed E-state index contributed by atoms with van der Waals surface area (Å²) < 4.78 is 10.7. The van der Waals surface area contributed by atoms with Gasteiger partial charge in [-0.25, -0.2) is 9.78 Å². The molecule has 0 saturated carbocycles. The summed E-state index contributed by atoms with van der Waals surface area (Å²) in [5.41, 5.74) is 5.08. The Morgan fingerprint density at radius 3 is 2.62 bits per heavy atom. The lowest BCUT2D eigenvalue weighted by Crippen LogP contribution is -2.42. The Morgan fingerprint density at radius 2 is 2.00 bits per heavy atom. The van der Waals surface area contributed by atoms with Crippen LogP contribution in [0.25, 0.3) is 0 Å². The molecule has 0 saturated heterocycles. The summed E-state index contributed by atoms with van der Waals surface area (Å²) in [5.74, 6) is 1.42. The molecule has 1 aromatic heterocycles. The van der Waals surface area contributed by atoms with Crippen molar-refractivity contribution in [1.82, 2.24) is 15.2 Å². The van der Waals surface area contributed by atoms with Gasteiger partial charge in [0.25, 0.3) is 0 Å². The number of carbonyl (C=O) groups is 1. The first-order valence-electron chi connectivity index (χ1n) is 7.78. The van der Waals surface area contributed by atoms with Crippen LogP contribution in [-0.4, -0.2) is 36.7 Å². The van der Waals surface area contributed by atoms with E-state index in [-0.39, 0.29) is 6.03 Å². The molecule has 0 radical (unpaired) electrons. The van der Waals surface area contributed by atoms with E-state index in [0.29, 0.717) is 25.4 Å². The molecule has 0 spiro atoms. The molecule has 1 aliphatic heterocycles. The molecule has 1 N–H and O–H groups in total. The number of aryl methyl sites for hydroxylation is 1. The molecule has 1 aliphatic rings. The maximum Gasteiger partial charge on any atom is 0.318 e. The van der Waals surface area contributed by atoms with Crippen molar-refractivity contribution in [3.8, 4) is 11.5 Å². The summed E-state index contributed by atoms with van der Waals surface area (Å²) in [7, 11) is 3.25. The van der Waals surface area contributed by atoms with E-state index < -0.39 is 0 Å². The van der Waals surface area contributed by atoms with Crippen molar-refractivity contribution >= 4 is 17.4 Å². The minimum atomic E-state index is -0.0526. The van der Waals surface area contributed by atoms with Crippen LogP contribution in [0.15, 0.2) is 17.6 Å². The smallest absolute Gasteiger partial charge is 0.318 e. The standard InChI is InChI=1S/C17H21N3O3S/c1-11-16(24-10-19-11)8-18-17(21)20-5-4-12-6-14(22-2)15(23-3)7-13(12)9-20/h6-7,10H,4-5,8-9H2,1-3H3,(H,18,21). The van der Waals surface area contributed by atoms with E-state index in [2.05, 4.69) is 10.3 Å². The second kappa shape index (κ2) is 7.09. The Kier molecular flexibility index (Phi) is 4.89. The average molecular weight is 347 g/mol. The number of aromatic nitrogens is 1. The second-order valence-electron chi connectivity index (χ2n) is 5.67. The predicted octanol–water partition coefficient (Wildman–Crippen LogP) is 2.74. The maximum absolute atomic E-state index is 12.4. The van der Waals surface area contributed by atoms with Gasteiger partial charge in [-0.3, -0.25) is 0 Å². The summed E-state index contributed by atoms with van der Waals surface area (Å²) in [6, 6.07) is 3.91. The molecule has 7 heteroatoms. The van der Waals surface area contributed by atoms with Gasteiger partial charge in [0.2, 0.25) is 0 Å². The summed E-state index contributed by atoms with van der Waals surface area (Å²) >= 11 is 1.56. The molecule has 2 aromatic rings. The third-order valence-electron chi connectivity index (χ3n) is 4.25. The first kappa shape index (κ1) is 16.6. The molecule has 128 valence electrons. The lowest BCUT2D eigenvalue weighted by molar-refractivity contribution is 0.192. The molecule has 1 aromatic carbocycles. The first-order chi connectivity index (χ1) is 11.6. The molecule has 0 aliphatic carbocycles. The summed E-state index contributed by atoms with van der Waals surface area (Å²) in [6.07, 6.45) is 0.808. The summed E-state index contributed by atoms with van der Waals surface area (Å²) in [4.78, 5) is 19.5. The Bertz CT molecular complexity index is 745. The van der Waals surface area contributed by atoms with Crippen molar-refractivity contribution in [2.75, 3.05) is 20.8 Å². The van der Waals surface area contributed by atoms with Crippen LogP contribution >= 0.6 is 11.3 Å². The second-order valence-corrected chi connectivity index (χ2v) is 6.61. The number of fused-ring (bicyclic) bond motifs is 1. The Morgan fingerprint density at radius 1 is 1.29 bits per heavy atom. The van der Waals surface area contributed by atoms with Crippen LogP contribution in [0.4, 0.5) is 4.79 Å². The zero-order chi connectivity index (χ0) is 17.1. The van der Waals surface area contributed by atoms with Gasteiger partial charge in [-0.15, -0.1) is 11.3 Å². The third kappa shape index (κ3) is 3.31. The van der Waals surface area contributed by atoms with Gasteiger partial charge in [-0.2, -0.15) is 0 Å². The van der Waals surface area contributed by atoms with Crippen LogP contribution in [0, 0.1) is 6.92 Å². The van der Waals surface area contributed by atoms with Crippen LogP contribution in [-0.2, 0) is 19.5 Å². The number of hydrogen-bond acceptors (Lipinski definition) is 5. The minimum Gasteiger partial charge on any atom is -0.493 e. The van der Waals surface area contributed by atoms with Crippen LogP contribution in [0.3, 0.4) is 0 Å². The molecule has 2 heterocycles. The number of hydrogen-bond donors (Lipinski definition) is 1. The average Bonchev–Trinajstić information content (AvgIpc) is 3.02. The van der Waals surface area contributed by atoms with E-state index in [1.807, 2.05) is 24.0 Å². The first-order valence-corrected chi connectivity index (χ1v) is 8.66. The van der Waals surface area contributed by atoms with Crippen LogP contribution in [0.2, 0.25) is 0 Å². The Balaban J connectivity index is 1.67. The van der Waals surface area contributed by atoms with Gasteiger partial charge >= 0.3 is 6.03 Å². The topological polar surface area (TPSA) is 63.7 Å². The van der Waals surface area contributed by atoms with Crippen molar-refractivity contribution in [2.45, 2.75) is 26.4 Å². The largest absolute Gasteiger partial charge is 0.493 e. The van der Waals surface area contributed by atoms with Gasteiger partial charge in [-0.1, -0.05) is 0 Å². The summed E-state index contributed by atoms with van der Waals surface area (Å²) in [5, 5.41) is 2.98. The maximum atomic E-state index is 12.4. The highest BCUT2D eigenvalue weighted by atomic mass is 32.1. The number of ether oxygens (including phenoxy) is 2. The van der Waals surface area contributed by atoms with Crippen molar-refractivity contribution in [3.63, 3.8) is 0 Å². The van der Waals surface area contributed by atoms with E-state index in [1.165, 1.54) is 5.56 Å². The molecular formula is C17H21N3O3S. The van der Waals surface area contributed by atoms with Gasteiger partial charge in [0.15, 0.2) is 11.5 Å². The number of urea groups is 1. The van der Waals surface area contributed by atoms with Crippen LogP contribution in [0.1, 0.15) is 21.7 Å². The van der Waals surface area contributed by atoms with Crippen LogP contribution in [0.5, 0.6) is 11.5 Å². The molecular weight excluding hydrogens is 326 g/mol. The van der Waals surface area contributed by atoms with Crippen molar-refractivity contribution in [2.24, 2.45) is 0 Å².